The molecule has 0 spiro atoms. The monoisotopic (exact) mass is 490 g/mol. The number of nitrogens with zero attached hydrogens (tertiary/aromatic N) is 2. The molecule has 1 aromatic carbocycles. The molecule has 1 saturated carbocycles. The second kappa shape index (κ2) is 15.7. The Hall–Kier alpha value is -2.36. The molecule has 0 bridgehead atoms. The highest BCUT2D eigenvalue weighted by Gasteiger charge is 2.38. The van der Waals surface area contributed by atoms with Crippen LogP contribution in [0.3, 0.4) is 0 Å². The first-order chi connectivity index (χ1) is 17.6. The van der Waals surface area contributed by atoms with E-state index in [-0.39, 0.29) is 11.6 Å². The predicted molar refractivity (Wildman–Crippen MR) is 147 cm³/mol. The molecule has 36 heavy (non-hydrogen) atoms. The minimum atomic E-state index is -0.579. The first-order valence-corrected chi connectivity index (χ1v) is 14.6. The number of carbonyl (C=O) groups excluding carboxylic acids is 2. The predicted octanol–water partition coefficient (Wildman–Crippen LogP) is 8.04. The maximum absolute atomic E-state index is 13.8. The Morgan fingerprint density at radius 1 is 0.861 bits per heavy atom. The summed E-state index contributed by atoms with van der Waals surface area (Å²) in [6.45, 7) is 4.46. The topological polar surface area (TPSA) is 59.9 Å². The van der Waals surface area contributed by atoms with Gasteiger partial charge in [0.15, 0.2) is 5.78 Å². The number of benzene rings is 1. The number of unbranched alkanes of at least 4 members (excludes halogenated alkanes) is 8. The van der Waals surface area contributed by atoms with Crippen LogP contribution in [0, 0.1) is 11.8 Å². The normalized spacial score (nSPS) is 18.8. The standard InChI is InChI=1S/C32H46N2O2/c1-3-5-7-9-12-16-25-20-21-28(29(35)22-25)31(36)30(27-18-14-11-15-19-27)32-33-23-26(24-34-32)17-13-10-8-6-4-2/h11,14-15,18-19,23-25,28,30H,3-10,12-13,16-17,20-22H2,1-2H3. The van der Waals surface area contributed by atoms with E-state index in [0.29, 0.717) is 24.6 Å². The van der Waals surface area contributed by atoms with Crippen molar-refractivity contribution < 1.29 is 9.59 Å². The van der Waals surface area contributed by atoms with Gasteiger partial charge in [-0.2, -0.15) is 0 Å². The second-order valence-electron chi connectivity index (χ2n) is 10.7. The number of Topliss-reactive ketones (excluding diaryl/α,β-unsaturated/α-hetero) is 2. The van der Waals surface area contributed by atoms with Crippen LogP contribution >= 0.6 is 0 Å². The van der Waals surface area contributed by atoms with Crippen molar-refractivity contribution in [1.29, 1.82) is 0 Å². The summed E-state index contributed by atoms with van der Waals surface area (Å²) in [6.07, 6.45) is 20.5. The van der Waals surface area contributed by atoms with Gasteiger partial charge in [-0.05, 0) is 42.7 Å². The van der Waals surface area contributed by atoms with Crippen LogP contribution in [0.1, 0.15) is 127 Å². The highest BCUT2D eigenvalue weighted by Crippen LogP contribution is 2.35. The smallest absolute Gasteiger partial charge is 0.158 e. The van der Waals surface area contributed by atoms with Gasteiger partial charge in [0.25, 0.3) is 0 Å². The van der Waals surface area contributed by atoms with Crippen LogP contribution in [-0.2, 0) is 16.0 Å². The van der Waals surface area contributed by atoms with Gasteiger partial charge in [0.1, 0.15) is 17.5 Å². The molecule has 3 unspecified atom stereocenters. The Kier molecular flexibility index (Phi) is 12.3. The summed E-state index contributed by atoms with van der Waals surface area (Å²) >= 11 is 0. The zero-order valence-corrected chi connectivity index (χ0v) is 22.6. The van der Waals surface area contributed by atoms with Crippen molar-refractivity contribution in [3.05, 3.63) is 59.7 Å². The summed E-state index contributed by atoms with van der Waals surface area (Å²) in [5, 5.41) is 0. The van der Waals surface area contributed by atoms with E-state index >= 15 is 0 Å². The summed E-state index contributed by atoms with van der Waals surface area (Å²) in [4.78, 5) is 36.2. The van der Waals surface area contributed by atoms with E-state index < -0.39 is 11.8 Å². The van der Waals surface area contributed by atoms with Crippen molar-refractivity contribution in [2.45, 2.75) is 116 Å². The van der Waals surface area contributed by atoms with E-state index in [4.69, 9.17) is 0 Å². The number of hydrogen-bond acceptors (Lipinski definition) is 4. The number of aromatic nitrogens is 2. The minimum absolute atomic E-state index is 0.0279. The molecule has 1 aliphatic rings. The van der Waals surface area contributed by atoms with Gasteiger partial charge in [-0.3, -0.25) is 9.59 Å². The van der Waals surface area contributed by atoms with Crippen LogP contribution in [0.4, 0.5) is 0 Å². The quantitative estimate of drug-likeness (QED) is 0.176. The molecule has 0 saturated heterocycles. The van der Waals surface area contributed by atoms with Crippen LogP contribution in [0.2, 0.25) is 0 Å². The van der Waals surface area contributed by atoms with Gasteiger partial charge in [-0.15, -0.1) is 0 Å². The van der Waals surface area contributed by atoms with E-state index in [1.54, 1.807) is 0 Å². The first kappa shape index (κ1) is 28.2. The van der Waals surface area contributed by atoms with Gasteiger partial charge >= 0.3 is 0 Å². The van der Waals surface area contributed by atoms with Gasteiger partial charge in [0, 0.05) is 18.8 Å². The molecule has 0 aliphatic heterocycles. The van der Waals surface area contributed by atoms with Crippen LogP contribution in [-0.4, -0.2) is 21.5 Å². The van der Waals surface area contributed by atoms with Crippen molar-refractivity contribution in [1.82, 2.24) is 9.97 Å². The number of carbonyl (C=O) groups is 2. The van der Waals surface area contributed by atoms with Crippen LogP contribution < -0.4 is 0 Å². The summed E-state index contributed by atoms with van der Waals surface area (Å²) in [5.74, 6) is -0.0647. The molecule has 1 fully saturated rings. The first-order valence-electron chi connectivity index (χ1n) is 14.6. The van der Waals surface area contributed by atoms with Crippen molar-refractivity contribution in [3.8, 4) is 0 Å². The molecule has 1 heterocycles. The maximum atomic E-state index is 13.8. The second-order valence-corrected chi connectivity index (χ2v) is 10.7. The summed E-state index contributed by atoms with van der Waals surface area (Å²) in [5.41, 5.74) is 1.99. The molecule has 0 N–H and O–H groups in total. The number of aryl methyl sites for hydroxylation is 1. The van der Waals surface area contributed by atoms with Crippen LogP contribution in [0.15, 0.2) is 42.7 Å². The summed E-state index contributed by atoms with van der Waals surface area (Å²) in [7, 11) is 0. The fraction of sp³-hybridized carbons (Fsp3) is 0.625. The highest BCUT2D eigenvalue weighted by atomic mass is 16.2. The molecule has 1 aromatic heterocycles. The van der Waals surface area contributed by atoms with Crippen molar-refractivity contribution in [2.75, 3.05) is 0 Å². The van der Waals surface area contributed by atoms with Gasteiger partial charge in [0.2, 0.25) is 0 Å². The molecule has 4 nitrogen and oxygen atoms in total. The molecule has 4 heteroatoms. The molecule has 3 atom stereocenters. The Balaban J connectivity index is 1.64. The minimum Gasteiger partial charge on any atom is -0.299 e. The summed E-state index contributed by atoms with van der Waals surface area (Å²) in [6, 6.07) is 9.75. The Morgan fingerprint density at radius 2 is 1.50 bits per heavy atom. The number of hydrogen-bond donors (Lipinski definition) is 0. The fourth-order valence-electron chi connectivity index (χ4n) is 5.54. The zero-order chi connectivity index (χ0) is 25.6. The fourth-order valence-corrected chi connectivity index (χ4v) is 5.54. The van der Waals surface area contributed by atoms with E-state index in [1.807, 2.05) is 42.7 Å². The van der Waals surface area contributed by atoms with E-state index in [0.717, 1.165) is 36.8 Å². The lowest BCUT2D eigenvalue weighted by Crippen LogP contribution is -2.35. The third kappa shape index (κ3) is 8.64. The zero-order valence-electron chi connectivity index (χ0n) is 22.6. The van der Waals surface area contributed by atoms with Crippen molar-refractivity contribution in [3.63, 3.8) is 0 Å². The third-order valence-electron chi connectivity index (χ3n) is 7.77. The molecule has 0 radical (unpaired) electrons. The number of ketones is 2. The van der Waals surface area contributed by atoms with Gasteiger partial charge in [-0.25, -0.2) is 9.97 Å². The van der Waals surface area contributed by atoms with Crippen molar-refractivity contribution in [2.24, 2.45) is 11.8 Å². The average molecular weight is 491 g/mol. The lowest BCUT2D eigenvalue weighted by Gasteiger charge is -2.29. The molecule has 0 amide bonds. The lowest BCUT2D eigenvalue weighted by atomic mass is 9.73. The molecular weight excluding hydrogens is 444 g/mol. The van der Waals surface area contributed by atoms with E-state index in [9.17, 15) is 9.59 Å². The Labute approximate surface area is 218 Å². The van der Waals surface area contributed by atoms with E-state index in [1.165, 1.54) is 57.8 Å². The number of rotatable bonds is 16. The molecule has 196 valence electrons. The largest absolute Gasteiger partial charge is 0.299 e. The summed E-state index contributed by atoms with van der Waals surface area (Å²) < 4.78 is 0. The average Bonchev–Trinajstić information content (AvgIpc) is 2.90. The Bertz CT molecular complexity index is 910. The van der Waals surface area contributed by atoms with Crippen molar-refractivity contribution >= 4 is 11.6 Å². The van der Waals surface area contributed by atoms with Crippen LogP contribution in [0.25, 0.3) is 0 Å². The Morgan fingerprint density at radius 3 is 2.14 bits per heavy atom. The lowest BCUT2D eigenvalue weighted by molar-refractivity contribution is -0.135. The maximum Gasteiger partial charge on any atom is 0.158 e. The molecule has 1 aliphatic carbocycles. The molecular formula is C32H46N2O2. The molecule has 2 aromatic rings. The molecule has 3 rings (SSSR count). The highest BCUT2D eigenvalue weighted by molar-refractivity contribution is 6.06. The SMILES string of the molecule is CCCCCCCc1cnc(C(C(=O)C2CCC(CCCCCCC)CC2=O)c2ccccc2)nc1. The van der Waals surface area contributed by atoms with Gasteiger partial charge in [-0.1, -0.05) is 108 Å². The van der Waals surface area contributed by atoms with Gasteiger partial charge < -0.3 is 0 Å². The van der Waals surface area contributed by atoms with Crippen LogP contribution in [0.5, 0.6) is 0 Å². The van der Waals surface area contributed by atoms with E-state index in [2.05, 4.69) is 23.8 Å². The van der Waals surface area contributed by atoms with Gasteiger partial charge in [0.05, 0.1) is 5.92 Å². The third-order valence-corrected chi connectivity index (χ3v) is 7.77.